The fourth-order valence-electron chi connectivity index (χ4n) is 4.37. The zero-order valence-electron chi connectivity index (χ0n) is 17.2. The topological polar surface area (TPSA) is 77.4 Å². The highest BCUT2D eigenvalue weighted by Gasteiger charge is 2.42. The van der Waals surface area contributed by atoms with E-state index >= 15 is 0 Å². The van der Waals surface area contributed by atoms with Crippen molar-refractivity contribution in [2.45, 2.75) is 76.7 Å². The highest BCUT2D eigenvalue weighted by molar-refractivity contribution is 7.89. The number of pyridine rings is 1. The minimum Gasteiger partial charge on any atom is -0.376 e. The molecule has 1 saturated carbocycles. The van der Waals surface area contributed by atoms with E-state index in [1.807, 2.05) is 6.07 Å². The normalized spacial score (nSPS) is 27.6. The zero-order valence-corrected chi connectivity index (χ0v) is 18.1. The predicted octanol–water partition coefficient (Wildman–Crippen LogP) is 3.09. The second-order valence-corrected chi connectivity index (χ2v) is 10.3. The quantitative estimate of drug-likeness (QED) is 0.723. The molecule has 1 fully saturated rings. The van der Waals surface area contributed by atoms with Crippen LogP contribution in [-0.4, -0.2) is 43.7 Å². The molecule has 10 heteroatoms. The molecule has 2 aliphatic rings. The fraction of sp³-hybridized carbons (Fsp3) is 0.750. The van der Waals surface area contributed by atoms with Gasteiger partial charge < -0.3 is 9.30 Å². The van der Waals surface area contributed by atoms with Crippen LogP contribution in [0.25, 0.3) is 0 Å². The maximum atomic E-state index is 12.9. The minimum absolute atomic E-state index is 0.0281. The molecule has 1 aromatic heterocycles. The summed E-state index contributed by atoms with van der Waals surface area (Å²) < 4.78 is 73.2. The first-order chi connectivity index (χ1) is 14.0. The Morgan fingerprint density at radius 2 is 1.83 bits per heavy atom. The summed E-state index contributed by atoms with van der Waals surface area (Å²) in [6, 6.07) is 2.57. The summed E-state index contributed by atoms with van der Waals surface area (Å²) in [6.45, 7) is 3.32. The highest BCUT2D eigenvalue weighted by atomic mass is 32.2. The maximum absolute atomic E-state index is 12.9. The lowest BCUT2D eigenvalue weighted by Gasteiger charge is -2.37. The first-order valence-electron chi connectivity index (χ1n) is 10.4. The second-order valence-electron chi connectivity index (χ2n) is 8.27. The Morgan fingerprint density at radius 1 is 1.17 bits per heavy atom. The standard InChI is InChI=1S/C20H29F3N2O4S/c1-3-30(27,28)24-17-11-8-15-7-4-13(2)19(26)25(15)18(17)12-29-16-9-5-14(6-10-16)20(21,22)23/h4,7,14,16-18,24H,3,5-6,8-12H2,1-2H3/t14?,16?,17-,18-/m0/s1. The van der Waals surface area contributed by atoms with Crippen LogP contribution in [0.5, 0.6) is 0 Å². The average molecular weight is 451 g/mol. The SMILES string of the molecule is CCS(=O)(=O)N[C@H]1CCc2ccc(C)c(=O)n2[C@H]1COC1CCC(C(F)(F)F)CC1. The molecule has 30 heavy (non-hydrogen) atoms. The third-order valence-electron chi connectivity index (χ3n) is 6.25. The van der Waals surface area contributed by atoms with E-state index in [2.05, 4.69) is 4.72 Å². The lowest BCUT2D eigenvalue weighted by molar-refractivity contribution is -0.188. The summed E-state index contributed by atoms with van der Waals surface area (Å²) >= 11 is 0. The zero-order chi connectivity index (χ0) is 22.1. The van der Waals surface area contributed by atoms with E-state index in [-0.39, 0.29) is 36.9 Å². The van der Waals surface area contributed by atoms with E-state index in [1.54, 1.807) is 24.5 Å². The lowest BCUT2D eigenvalue weighted by atomic mass is 9.87. The molecule has 0 amide bonds. The van der Waals surface area contributed by atoms with Gasteiger partial charge in [-0.15, -0.1) is 0 Å². The molecule has 2 heterocycles. The number of sulfonamides is 1. The molecule has 2 atom stereocenters. The molecule has 1 N–H and O–H groups in total. The number of hydrogen-bond acceptors (Lipinski definition) is 4. The van der Waals surface area contributed by atoms with Gasteiger partial charge in [0.15, 0.2) is 0 Å². The molecule has 3 rings (SSSR count). The smallest absolute Gasteiger partial charge is 0.376 e. The Hall–Kier alpha value is -1.39. The Balaban J connectivity index is 1.77. The van der Waals surface area contributed by atoms with Gasteiger partial charge in [0.25, 0.3) is 5.56 Å². The summed E-state index contributed by atoms with van der Waals surface area (Å²) in [5.74, 6) is -1.36. The molecule has 0 unspecified atom stereocenters. The summed E-state index contributed by atoms with van der Waals surface area (Å²) in [4.78, 5) is 12.8. The molecular weight excluding hydrogens is 421 g/mol. The number of fused-ring (bicyclic) bond motifs is 1. The van der Waals surface area contributed by atoms with Gasteiger partial charge in [-0.1, -0.05) is 6.07 Å². The Morgan fingerprint density at radius 3 is 2.43 bits per heavy atom. The van der Waals surface area contributed by atoms with Crippen LogP contribution in [0.1, 0.15) is 56.3 Å². The van der Waals surface area contributed by atoms with E-state index in [4.69, 9.17) is 4.74 Å². The molecule has 1 aromatic rings. The molecule has 0 spiro atoms. The fourth-order valence-corrected chi connectivity index (χ4v) is 5.27. The number of hydrogen-bond donors (Lipinski definition) is 1. The molecule has 0 bridgehead atoms. The van der Waals surface area contributed by atoms with Crippen LogP contribution in [-0.2, 0) is 21.2 Å². The molecule has 0 saturated heterocycles. The van der Waals surface area contributed by atoms with E-state index < -0.39 is 34.2 Å². The van der Waals surface area contributed by atoms with Crippen LogP contribution in [0.15, 0.2) is 16.9 Å². The van der Waals surface area contributed by atoms with Crippen LogP contribution in [0, 0.1) is 12.8 Å². The van der Waals surface area contributed by atoms with Gasteiger partial charge in [-0.05, 0) is 58.4 Å². The molecule has 6 nitrogen and oxygen atoms in total. The summed E-state index contributed by atoms with van der Waals surface area (Å²) in [6.07, 6.45) is -2.76. The third-order valence-corrected chi connectivity index (χ3v) is 7.67. The van der Waals surface area contributed by atoms with Gasteiger partial charge in [-0.25, -0.2) is 13.1 Å². The highest BCUT2D eigenvalue weighted by Crippen LogP contribution is 2.38. The third kappa shape index (κ3) is 5.26. The predicted molar refractivity (Wildman–Crippen MR) is 107 cm³/mol. The van der Waals surface area contributed by atoms with Gasteiger partial charge in [0.05, 0.1) is 30.4 Å². The van der Waals surface area contributed by atoms with Crippen molar-refractivity contribution in [1.82, 2.24) is 9.29 Å². The number of nitrogens with zero attached hydrogens (tertiary/aromatic N) is 1. The van der Waals surface area contributed by atoms with Crippen molar-refractivity contribution in [3.05, 3.63) is 33.7 Å². The van der Waals surface area contributed by atoms with Crippen molar-refractivity contribution in [3.8, 4) is 0 Å². The van der Waals surface area contributed by atoms with Crippen LogP contribution in [0.2, 0.25) is 0 Å². The van der Waals surface area contributed by atoms with Gasteiger partial charge in [0.2, 0.25) is 10.0 Å². The molecule has 0 aromatic carbocycles. The minimum atomic E-state index is -4.18. The van der Waals surface area contributed by atoms with Crippen LogP contribution in [0.3, 0.4) is 0 Å². The number of alkyl halides is 3. The van der Waals surface area contributed by atoms with Gasteiger partial charge in [0, 0.05) is 17.3 Å². The molecule has 1 aliphatic heterocycles. The van der Waals surface area contributed by atoms with Crippen molar-refractivity contribution in [2.24, 2.45) is 5.92 Å². The van der Waals surface area contributed by atoms with Crippen molar-refractivity contribution in [1.29, 1.82) is 0 Å². The first kappa shape index (κ1) is 23.3. The van der Waals surface area contributed by atoms with Crippen molar-refractivity contribution in [3.63, 3.8) is 0 Å². The maximum Gasteiger partial charge on any atom is 0.391 e. The summed E-state index contributed by atoms with van der Waals surface area (Å²) in [5.41, 5.74) is 1.17. The summed E-state index contributed by atoms with van der Waals surface area (Å²) in [7, 11) is -3.49. The Kier molecular flexibility index (Phi) is 6.98. The number of ether oxygens (including phenoxy) is 1. The van der Waals surface area contributed by atoms with E-state index in [1.165, 1.54) is 0 Å². The first-order valence-corrected chi connectivity index (χ1v) is 12.1. The van der Waals surface area contributed by atoms with Crippen molar-refractivity contribution < 1.29 is 26.3 Å². The molecular formula is C20H29F3N2O4S. The van der Waals surface area contributed by atoms with Gasteiger partial charge in [-0.3, -0.25) is 4.79 Å². The number of halogens is 3. The van der Waals surface area contributed by atoms with Crippen LogP contribution >= 0.6 is 0 Å². The Labute approximate surface area is 174 Å². The van der Waals surface area contributed by atoms with Crippen molar-refractivity contribution >= 4 is 10.0 Å². The lowest BCUT2D eigenvalue weighted by Crippen LogP contribution is -2.50. The average Bonchev–Trinajstić information content (AvgIpc) is 2.69. The molecule has 170 valence electrons. The van der Waals surface area contributed by atoms with Gasteiger partial charge in [-0.2, -0.15) is 13.2 Å². The molecule has 1 aliphatic carbocycles. The second kappa shape index (κ2) is 9.00. The Bertz CT molecular complexity index is 906. The number of nitrogens with one attached hydrogen (secondary N) is 1. The van der Waals surface area contributed by atoms with E-state index in [9.17, 15) is 26.4 Å². The van der Waals surface area contributed by atoms with E-state index in [0.29, 0.717) is 31.2 Å². The molecule has 0 radical (unpaired) electrons. The van der Waals surface area contributed by atoms with Crippen LogP contribution < -0.4 is 10.3 Å². The van der Waals surface area contributed by atoms with Crippen LogP contribution in [0.4, 0.5) is 13.2 Å². The number of rotatable bonds is 6. The summed E-state index contributed by atoms with van der Waals surface area (Å²) in [5, 5.41) is 0. The van der Waals surface area contributed by atoms with Gasteiger partial charge >= 0.3 is 6.18 Å². The van der Waals surface area contributed by atoms with Crippen molar-refractivity contribution in [2.75, 3.05) is 12.4 Å². The number of aromatic nitrogens is 1. The monoisotopic (exact) mass is 450 g/mol. The van der Waals surface area contributed by atoms with E-state index in [0.717, 1.165) is 5.69 Å². The largest absolute Gasteiger partial charge is 0.391 e. The number of aryl methyl sites for hydroxylation is 2. The van der Waals surface area contributed by atoms with Gasteiger partial charge in [0.1, 0.15) is 0 Å².